The van der Waals surface area contributed by atoms with Crippen LogP contribution < -0.4 is 10.0 Å². The molecule has 0 aromatic heterocycles. The molecule has 0 aliphatic rings. The van der Waals surface area contributed by atoms with Gasteiger partial charge in [-0.15, -0.1) is 0 Å². The number of halogens is 1. The normalized spacial score (nSPS) is 11.3. The Balaban J connectivity index is 2.31. The van der Waals surface area contributed by atoms with Crippen molar-refractivity contribution in [1.29, 1.82) is 0 Å². The molecule has 0 aliphatic heterocycles. The van der Waals surface area contributed by atoms with E-state index < -0.39 is 15.9 Å². The van der Waals surface area contributed by atoms with Gasteiger partial charge in [-0.2, -0.15) is 0 Å². The summed E-state index contributed by atoms with van der Waals surface area (Å²) in [6, 6.07) is 8.62. The van der Waals surface area contributed by atoms with Gasteiger partial charge in [0, 0.05) is 11.3 Å². The third-order valence-corrected chi connectivity index (χ3v) is 5.07. The topological polar surface area (TPSA) is 95.5 Å². The number of aryl methyl sites for hydroxylation is 1. The number of phenolic OH excluding ortho intramolecular Hbond substituents is 1. The number of anilines is 1. The third kappa shape index (κ3) is 3.82. The van der Waals surface area contributed by atoms with Gasteiger partial charge in [-0.05, 0) is 49.9 Å². The summed E-state index contributed by atoms with van der Waals surface area (Å²) in [7, 11) is -2.30. The summed E-state index contributed by atoms with van der Waals surface area (Å²) in [5, 5.41) is 12.0. The molecular formula is C15H15ClN2O4S. The molecule has 6 nitrogen and oxygen atoms in total. The molecule has 3 N–H and O–H groups in total. The fourth-order valence-corrected chi connectivity index (χ4v) is 3.10. The minimum absolute atomic E-state index is 0.0556. The predicted molar refractivity (Wildman–Crippen MR) is 88.5 cm³/mol. The summed E-state index contributed by atoms with van der Waals surface area (Å²) in [6.45, 7) is 1.66. The molecule has 0 unspecified atom stereocenters. The van der Waals surface area contributed by atoms with Crippen molar-refractivity contribution in [2.24, 2.45) is 0 Å². The zero-order chi connectivity index (χ0) is 17.2. The molecule has 0 heterocycles. The molecule has 0 saturated heterocycles. The van der Waals surface area contributed by atoms with Gasteiger partial charge in [-0.1, -0.05) is 17.7 Å². The number of carbonyl (C=O) groups is 1. The number of nitrogens with one attached hydrogen (secondary N) is 2. The van der Waals surface area contributed by atoms with Crippen LogP contribution in [0.25, 0.3) is 0 Å². The van der Waals surface area contributed by atoms with Gasteiger partial charge in [-0.25, -0.2) is 13.1 Å². The molecule has 0 atom stereocenters. The number of phenols is 1. The van der Waals surface area contributed by atoms with Crippen molar-refractivity contribution in [1.82, 2.24) is 4.72 Å². The Morgan fingerprint density at radius 1 is 1.17 bits per heavy atom. The van der Waals surface area contributed by atoms with Crippen LogP contribution in [0.1, 0.15) is 15.9 Å². The first kappa shape index (κ1) is 17.3. The molecule has 0 spiro atoms. The van der Waals surface area contributed by atoms with Crippen LogP contribution in [-0.4, -0.2) is 26.5 Å². The number of aromatic hydroxyl groups is 1. The standard InChI is InChI=1S/C15H15ClN2O4S/c1-9-3-5-11(8-14(9)23(21,22)17-2)18-15(20)10-4-6-13(19)12(16)7-10/h3-8,17,19H,1-2H3,(H,18,20). The monoisotopic (exact) mass is 354 g/mol. The summed E-state index contributed by atoms with van der Waals surface area (Å²) >= 11 is 5.77. The lowest BCUT2D eigenvalue weighted by Crippen LogP contribution is -2.20. The van der Waals surface area contributed by atoms with E-state index in [1.165, 1.54) is 31.3 Å². The summed E-state index contributed by atoms with van der Waals surface area (Å²) in [5.74, 6) is -0.593. The number of hydrogen-bond donors (Lipinski definition) is 3. The lowest BCUT2D eigenvalue weighted by atomic mass is 10.2. The number of amides is 1. The van der Waals surface area contributed by atoms with Gasteiger partial charge in [0.15, 0.2) is 0 Å². The molecule has 0 saturated carbocycles. The maximum Gasteiger partial charge on any atom is 0.255 e. The van der Waals surface area contributed by atoms with Crippen molar-refractivity contribution >= 4 is 33.2 Å². The van der Waals surface area contributed by atoms with Crippen LogP contribution >= 0.6 is 11.6 Å². The van der Waals surface area contributed by atoms with Crippen molar-refractivity contribution < 1.29 is 18.3 Å². The average Bonchev–Trinajstić information content (AvgIpc) is 2.51. The molecule has 0 bridgehead atoms. The van der Waals surface area contributed by atoms with E-state index in [1.807, 2.05) is 0 Å². The van der Waals surface area contributed by atoms with Gasteiger partial charge in [0.2, 0.25) is 10.0 Å². The minimum Gasteiger partial charge on any atom is -0.506 e. The fraction of sp³-hybridized carbons (Fsp3) is 0.133. The molecule has 23 heavy (non-hydrogen) atoms. The molecule has 0 fully saturated rings. The number of carbonyl (C=O) groups excluding carboxylic acids is 1. The number of benzene rings is 2. The predicted octanol–water partition coefficient (Wildman–Crippen LogP) is 2.51. The first-order valence-electron chi connectivity index (χ1n) is 6.58. The van der Waals surface area contributed by atoms with Crippen LogP contribution in [0.5, 0.6) is 5.75 Å². The quantitative estimate of drug-likeness (QED) is 0.786. The largest absolute Gasteiger partial charge is 0.506 e. The van der Waals surface area contributed by atoms with E-state index in [0.717, 1.165) is 0 Å². The summed E-state index contributed by atoms with van der Waals surface area (Å²) < 4.78 is 26.1. The summed E-state index contributed by atoms with van der Waals surface area (Å²) in [5.41, 5.74) is 1.13. The van der Waals surface area contributed by atoms with E-state index in [-0.39, 0.29) is 21.2 Å². The highest BCUT2D eigenvalue weighted by Gasteiger charge is 2.16. The third-order valence-electron chi connectivity index (χ3n) is 3.21. The average molecular weight is 355 g/mol. The lowest BCUT2D eigenvalue weighted by molar-refractivity contribution is 0.102. The Kier molecular flexibility index (Phi) is 4.93. The maximum atomic E-state index is 12.2. The van der Waals surface area contributed by atoms with Crippen LogP contribution in [0.15, 0.2) is 41.3 Å². The van der Waals surface area contributed by atoms with E-state index >= 15 is 0 Å². The van der Waals surface area contributed by atoms with Crippen molar-refractivity contribution in [2.45, 2.75) is 11.8 Å². The maximum absolute atomic E-state index is 12.2. The van der Waals surface area contributed by atoms with E-state index in [0.29, 0.717) is 11.3 Å². The van der Waals surface area contributed by atoms with Gasteiger partial charge in [0.25, 0.3) is 5.91 Å². The van der Waals surface area contributed by atoms with Crippen molar-refractivity contribution in [3.05, 3.63) is 52.5 Å². The van der Waals surface area contributed by atoms with E-state index in [1.54, 1.807) is 19.1 Å². The molecule has 2 aromatic carbocycles. The lowest BCUT2D eigenvalue weighted by Gasteiger charge is -2.10. The Labute approximate surface area is 139 Å². The van der Waals surface area contributed by atoms with Gasteiger partial charge in [-0.3, -0.25) is 4.79 Å². The second kappa shape index (κ2) is 6.57. The zero-order valence-electron chi connectivity index (χ0n) is 12.4. The Morgan fingerprint density at radius 2 is 1.87 bits per heavy atom. The van der Waals surface area contributed by atoms with Crippen molar-refractivity contribution in [3.63, 3.8) is 0 Å². The summed E-state index contributed by atoms with van der Waals surface area (Å²) in [4.78, 5) is 12.3. The molecule has 8 heteroatoms. The first-order valence-corrected chi connectivity index (χ1v) is 8.45. The number of hydrogen-bond acceptors (Lipinski definition) is 4. The van der Waals surface area contributed by atoms with Crippen molar-refractivity contribution in [2.75, 3.05) is 12.4 Å². The first-order chi connectivity index (χ1) is 10.7. The number of sulfonamides is 1. The molecule has 122 valence electrons. The SMILES string of the molecule is CNS(=O)(=O)c1cc(NC(=O)c2ccc(O)c(Cl)c2)ccc1C. The smallest absolute Gasteiger partial charge is 0.255 e. The van der Waals surface area contributed by atoms with Crippen LogP contribution in [0.4, 0.5) is 5.69 Å². The van der Waals surface area contributed by atoms with Gasteiger partial charge < -0.3 is 10.4 Å². The molecular weight excluding hydrogens is 340 g/mol. The van der Waals surface area contributed by atoms with Crippen LogP contribution in [0, 0.1) is 6.92 Å². The fourth-order valence-electron chi connectivity index (χ4n) is 1.93. The molecule has 1 amide bonds. The minimum atomic E-state index is -3.62. The molecule has 2 rings (SSSR count). The van der Waals surface area contributed by atoms with E-state index in [4.69, 9.17) is 11.6 Å². The molecule has 2 aromatic rings. The highest BCUT2D eigenvalue weighted by atomic mass is 35.5. The van der Waals surface area contributed by atoms with Gasteiger partial charge in [0.1, 0.15) is 5.75 Å². The highest BCUT2D eigenvalue weighted by Crippen LogP contribution is 2.25. The Bertz CT molecular complexity index is 866. The molecule has 0 aliphatic carbocycles. The van der Waals surface area contributed by atoms with Crippen LogP contribution in [-0.2, 0) is 10.0 Å². The van der Waals surface area contributed by atoms with Gasteiger partial charge >= 0.3 is 0 Å². The van der Waals surface area contributed by atoms with E-state index in [9.17, 15) is 18.3 Å². The summed E-state index contributed by atoms with van der Waals surface area (Å²) in [6.07, 6.45) is 0. The highest BCUT2D eigenvalue weighted by molar-refractivity contribution is 7.89. The van der Waals surface area contributed by atoms with Crippen molar-refractivity contribution in [3.8, 4) is 5.75 Å². The number of rotatable bonds is 4. The zero-order valence-corrected chi connectivity index (χ0v) is 14.0. The molecule has 0 radical (unpaired) electrons. The second-order valence-electron chi connectivity index (χ2n) is 4.81. The Morgan fingerprint density at radius 3 is 2.48 bits per heavy atom. The van der Waals surface area contributed by atoms with E-state index in [2.05, 4.69) is 10.0 Å². The van der Waals surface area contributed by atoms with Gasteiger partial charge in [0.05, 0.1) is 9.92 Å². The Hall–Kier alpha value is -2.09. The van der Waals surface area contributed by atoms with Crippen LogP contribution in [0.2, 0.25) is 5.02 Å². The van der Waals surface area contributed by atoms with Crippen LogP contribution in [0.3, 0.4) is 0 Å². The second-order valence-corrected chi connectivity index (χ2v) is 7.07.